The first-order valence-electron chi connectivity index (χ1n) is 9.27. The van der Waals surface area contributed by atoms with E-state index in [1.54, 1.807) is 0 Å². The molecule has 1 heterocycles. The van der Waals surface area contributed by atoms with Crippen LogP contribution in [-0.4, -0.2) is 44.5 Å². The number of sulfone groups is 1. The Hall–Kier alpha value is -2.67. The lowest BCUT2D eigenvalue weighted by Crippen LogP contribution is -2.36. The summed E-state index contributed by atoms with van der Waals surface area (Å²) in [5.41, 5.74) is 2.90. The van der Waals surface area contributed by atoms with Crippen LogP contribution in [0.2, 0.25) is 0 Å². The normalized spacial score (nSPS) is 13.7. The van der Waals surface area contributed by atoms with Crippen LogP contribution < -0.4 is 5.32 Å². The van der Waals surface area contributed by atoms with Crippen LogP contribution >= 0.6 is 0 Å². The minimum Gasteiger partial charge on any atom is -0.352 e. The van der Waals surface area contributed by atoms with Crippen molar-refractivity contribution in [3.63, 3.8) is 0 Å². The third kappa shape index (κ3) is 4.98. The van der Waals surface area contributed by atoms with Crippen molar-refractivity contribution >= 4 is 21.7 Å². The first-order valence-corrected chi connectivity index (χ1v) is 11.2. The molecule has 1 aliphatic heterocycles. The number of fused-ring (bicyclic) bond motifs is 1. The number of benzene rings is 2. The van der Waals surface area contributed by atoms with Crippen LogP contribution in [0.5, 0.6) is 0 Å². The highest BCUT2D eigenvalue weighted by Gasteiger charge is 2.19. The molecule has 0 atom stereocenters. The van der Waals surface area contributed by atoms with Crippen LogP contribution in [-0.2, 0) is 27.6 Å². The Morgan fingerprint density at radius 3 is 2.39 bits per heavy atom. The number of rotatable bonds is 6. The van der Waals surface area contributed by atoms with Gasteiger partial charge in [-0.2, -0.15) is 0 Å². The lowest BCUT2D eigenvalue weighted by Gasteiger charge is -2.29. The molecule has 1 N–H and O–H groups in total. The van der Waals surface area contributed by atoms with Gasteiger partial charge in [-0.15, -0.1) is 0 Å². The van der Waals surface area contributed by atoms with Crippen LogP contribution in [0, 0.1) is 0 Å². The van der Waals surface area contributed by atoms with Crippen LogP contribution in [0.15, 0.2) is 53.4 Å². The Kier molecular flexibility index (Phi) is 6.14. The van der Waals surface area contributed by atoms with E-state index in [1.165, 1.54) is 35.4 Å². The molecule has 2 aromatic carbocycles. The fraction of sp³-hybridized carbons (Fsp3) is 0.333. The highest BCUT2D eigenvalue weighted by molar-refractivity contribution is 7.90. The molecule has 0 aromatic heterocycles. The molecule has 3 rings (SSSR count). The van der Waals surface area contributed by atoms with E-state index in [-0.39, 0.29) is 16.7 Å². The Morgan fingerprint density at radius 1 is 1.04 bits per heavy atom. The molecule has 0 unspecified atom stereocenters. The number of hydrogen-bond acceptors (Lipinski definition) is 4. The van der Waals surface area contributed by atoms with Gasteiger partial charge in [0.25, 0.3) is 5.91 Å². The Morgan fingerprint density at radius 2 is 1.71 bits per heavy atom. The minimum atomic E-state index is -3.28. The van der Waals surface area contributed by atoms with E-state index in [9.17, 15) is 18.0 Å². The van der Waals surface area contributed by atoms with E-state index in [0.717, 1.165) is 19.2 Å². The topological polar surface area (TPSA) is 83.5 Å². The fourth-order valence-electron chi connectivity index (χ4n) is 3.26. The number of nitrogens with zero attached hydrogens (tertiary/aromatic N) is 1. The molecule has 2 amide bonds. The van der Waals surface area contributed by atoms with Gasteiger partial charge in [0, 0.05) is 37.9 Å². The first-order chi connectivity index (χ1) is 13.3. The van der Waals surface area contributed by atoms with E-state index < -0.39 is 9.84 Å². The highest BCUT2D eigenvalue weighted by atomic mass is 32.2. The van der Waals surface area contributed by atoms with Gasteiger partial charge >= 0.3 is 0 Å². The van der Waals surface area contributed by atoms with Gasteiger partial charge < -0.3 is 10.2 Å². The largest absolute Gasteiger partial charge is 0.352 e. The van der Waals surface area contributed by atoms with Gasteiger partial charge in [0.2, 0.25) is 5.91 Å². The summed E-state index contributed by atoms with van der Waals surface area (Å²) in [6.45, 7) is 1.77. The number of carbonyl (C=O) groups excluding carboxylic acids is 2. The van der Waals surface area contributed by atoms with Crippen molar-refractivity contribution in [3.05, 3.63) is 65.2 Å². The van der Waals surface area contributed by atoms with E-state index in [0.29, 0.717) is 31.5 Å². The molecule has 148 valence electrons. The Bertz CT molecular complexity index is 968. The third-order valence-electron chi connectivity index (χ3n) is 4.88. The zero-order valence-corrected chi connectivity index (χ0v) is 16.7. The molecule has 0 radical (unpaired) electrons. The number of carbonyl (C=O) groups is 2. The van der Waals surface area contributed by atoms with Gasteiger partial charge in [-0.05, 0) is 48.2 Å². The zero-order chi connectivity index (χ0) is 20.1. The van der Waals surface area contributed by atoms with Gasteiger partial charge in [-0.25, -0.2) is 8.42 Å². The molecule has 7 heteroatoms. The monoisotopic (exact) mass is 400 g/mol. The number of hydrogen-bond donors (Lipinski definition) is 1. The summed E-state index contributed by atoms with van der Waals surface area (Å²) in [7, 11) is -3.28. The molecule has 2 aromatic rings. The van der Waals surface area contributed by atoms with Crippen molar-refractivity contribution in [2.24, 2.45) is 0 Å². The third-order valence-corrected chi connectivity index (χ3v) is 6.01. The average Bonchev–Trinajstić information content (AvgIpc) is 2.70. The molecular formula is C21H24N2O4S. The van der Waals surface area contributed by atoms with Crippen molar-refractivity contribution < 1.29 is 18.0 Å². The number of amides is 2. The predicted octanol–water partition coefficient (Wildman–Crippen LogP) is 2.18. The van der Waals surface area contributed by atoms with Crippen molar-refractivity contribution in [3.8, 4) is 0 Å². The maximum Gasteiger partial charge on any atom is 0.251 e. The lowest BCUT2D eigenvalue weighted by atomic mass is 9.99. The van der Waals surface area contributed by atoms with Crippen molar-refractivity contribution in [1.82, 2.24) is 10.2 Å². The summed E-state index contributed by atoms with van der Waals surface area (Å²) in [5, 5.41) is 2.77. The summed E-state index contributed by atoms with van der Waals surface area (Å²) in [5.74, 6) is -0.180. The predicted molar refractivity (Wildman–Crippen MR) is 107 cm³/mol. The first kappa shape index (κ1) is 20.1. The van der Waals surface area contributed by atoms with Crippen molar-refractivity contribution in [2.45, 2.75) is 30.7 Å². The van der Waals surface area contributed by atoms with Crippen LogP contribution in [0.1, 0.15) is 34.3 Å². The number of nitrogens with one attached hydrogen (secondary N) is 1. The lowest BCUT2D eigenvalue weighted by molar-refractivity contribution is -0.132. The molecule has 6 nitrogen and oxygen atoms in total. The molecule has 0 fully saturated rings. The maximum atomic E-state index is 12.4. The van der Waals surface area contributed by atoms with Crippen molar-refractivity contribution in [1.29, 1.82) is 0 Å². The van der Waals surface area contributed by atoms with E-state index in [2.05, 4.69) is 17.4 Å². The van der Waals surface area contributed by atoms with Crippen LogP contribution in [0.25, 0.3) is 0 Å². The summed E-state index contributed by atoms with van der Waals surface area (Å²) in [6, 6.07) is 14.0. The van der Waals surface area contributed by atoms with E-state index >= 15 is 0 Å². The summed E-state index contributed by atoms with van der Waals surface area (Å²) < 4.78 is 22.9. The highest BCUT2D eigenvalue weighted by Crippen LogP contribution is 2.19. The molecular weight excluding hydrogens is 376 g/mol. The molecule has 0 saturated heterocycles. The van der Waals surface area contributed by atoms with Gasteiger partial charge in [0.05, 0.1) is 4.90 Å². The fourth-order valence-corrected chi connectivity index (χ4v) is 3.89. The van der Waals surface area contributed by atoms with Gasteiger partial charge in [0.15, 0.2) is 9.84 Å². The Balaban J connectivity index is 1.43. The van der Waals surface area contributed by atoms with Crippen LogP contribution in [0.4, 0.5) is 0 Å². The smallest absolute Gasteiger partial charge is 0.251 e. The molecule has 0 aliphatic carbocycles. The maximum absolute atomic E-state index is 12.4. The van der Waals surface area contributed by atoms with E-state index in [1.807, 2.05) is 17.0 Å². The SMILES string of the molecule is CS(=O)(=O)c1ccc(C(=O)NCCCC(=O)N2CCc3ccccc3C2)cc1. The quantitative estimate of drug-likeness (QED) is 0.754. The minimum absolute atomic E-state index is 0.0984. The van der Waals surface area contributed by atoms with Crippen molar-refractivity contribution in [2.75, 3.05) is 19.3 Å². The van der Waals surface area contributed by atoms with E-state index in [4.69, 9.17) is 0 Å². The van der Waals surface area contributed by atoms with Crippen LogP contribution in [0.3, 0.4) is 0 Å². The Labute approximate surface area is 165 Å². The molecule has 28 heavy (non-hydrogen) atoms. The molecule has 0 saturated carbocycles. The van der Waals surface area contributed by atoms with Gasteiger partial charge in [-0.3, -0.25) is 9.59 Å². The molecule has 1 aliphatic rings. The zero-order valence-electron chi connectivity index (χ0n) is 15.8. The second-order valence-corrected chi connectivity index (χ2v) is 9.01. The molecule has 0 spiro atoms. The standard InChI is InChI=1S/C21H24N2O4S/c1-28(26,27)19-10-8-17(9-11-19)21(25)22-13-4-7-20(24)23-14-12-16-5-2-3-6-18(16)15-23/h2-3,5-6,8-11H,4,7,12-15H2,1H3,(H,22,25). The summed E-state index contributed by atoms with van der Waals surface area (Å²) in [4.78, 5) is 26.6. The molecule has 0 bridgehead atoms. The second-order valence-electron chi connectivity index (χ2n) is 6.99. The average molecular weight is 401 g/mol. The summed E-state index contributed by atoms with van der Waals surface area (Å²) in [6.07, 6.45) is 2.95. The van der Waals surface area contributed by atoms with Gasteiger partial charge in [0.1, 0.15) is 0 Å². The summed E-state index contributed by atoms with van der Waals surface area (Å²) >= 11 is 0. The van der Waals surface area contributed by atoms with Gasteiger partial charge in [-0.1, -0.05) is 24.3 Å². The second kappa shape index (κ2) is 8.56.